The monoisotopic (exact) mass is 454 g/mol. The third-order valence-corrected chi connectivity index (χ3v) is 8.12. The molecule has 2 aliphatic rings. The number of nitrogen functional groups attached to an aromatic ring is 2. The summed E-state index contributed by atoms with van der Waals surface area (Å²) in [6.45, 7) is 1.96. The summed E-state index contributed by atoms with van der Waals surface area (Å²) in [7, 11) is 5.89. The van der Waals surface area contributed by atoms with Crippen molar-refractivity contribution in [2.24, 2.45) is 11.8 Å². The van der Waals surface area contributed by atoms with Gasteiger partial charge in [0.25, 0.3) is 0 Å². The standard InChI is InChI=1S/C25H27BN6O2/c1-12-10-32(24-20(12)23(28)29-11-30-24)19-9-16-14(4-5-25(16,34)21(19)33)6-13-2-3-15-8-17(26)22(27)31-18(15)7-13/h2-3,7-8,10-11,14,16,19,21,33-34H,4-6,9H2,1H3,(H2,27,31)(H2,28,29,30)/t14-,16+,19+,21-,25+/m0/s1. The molecule has 0 spiro atoms. The van der Waals surface area contributed by atoms with Crippen LogP contribution >= 0.6 is 0 Å². The highest BCUT2D eigenvalue weighted by Crippen LogP contribution is 2.55. The number of hydrogen-bond acceptors (Lipinski definition) is 7. The summed E-state index contributed by atoms with van der Waals surface area (Å²) in [5, 5.41) is 24.7. The van der Waals surface area contributed by atoms with E-state index >= 15 is 0 Å². The molecule has 5 atom stereocenters. The van der Waals surface area contributed by atoms with Gasteiger partial charge in [-0.1, -0.05) is 23.7 Å². The zero-order chi connectivity index (χ0) is 23.8. The van der Waals surface area contributed by atoms with E-state index < -0.39 is 11.7 Å². The highest BCUT2D eigenvalue weighted by atomic mass is 16.3. The smallest absolute Gasteiger partial charge is 0.146 e. The molecule has 3 heterocycles. The van der Waals surface area contributed by atoms with Crippen LogP contribution in [0.3, 0.4) is 0 Å². The first-order chi connectivity index (χ1) is 16.3. The van der Waals surface area contributed by atoms with Gasteiger partial charge in [-0.25, -0.2) is 15.0 Å². The maximum Gasteiger partial charge on any atom is 0.146 e. The fourth-order valence-electron chi connectivity index (χ4n) is 6.43. The number of fused-ring (bicyclic) bond motifs is 3. The van der Waals surface area contributed by atoms with E-state index in [-0.39, 0.29) is 17.9 Å². The van der Waals surface area contributed by atoms with E-state index in [9.17, 15) is 10.2 Å². The first-order valence-corrected chi connectivity index (χ1v) is 11.7. The van der Waals surface area contributed by atoms with Crippen molar-refractivity contribution in [3.8, 4) is 0 Å². The van der Waals surface area contributed by atoms with E-state index in [2.05, 4.69) is 21.0 Å². The van der Waals surface area contributed by atoms with Crippen molar-refractivity contribution in [2.75, 3.05) is 11.5 Å². The highest BCUT2D eigenvalue weighted by Gasteiger charge is 2.59. The lowest BCUT2D eigenvalue weighted by molar-refractivity contribution is -0.0799. The number of rotatable bonds is 3. The summed E-state index contributed by atoms with van der Waals surface area (Å²) in [6, 6.07) is 7.72. The van der Waals surface area contributed by atoms with Crippen LogP contribution in [0.5, 0.6) is 0 Å². The number of nitrogens with zero attached hydrogens (tertiary/aromatic N) is 4. The second-order valence-corrected chi connectivity index (χ2v) is 10.0. The maximum absolute atomic E-state index is 11.6. The molecule has 8 nitrogen and oxygen atoms in total. The van der Waals surface area contributed by atoms with E-state index in [1.54, 1.807) is 0 Å². The third-order valence-electron chi connectivity index (χ3n) is 8.12. The van der Waals surface area contributed by atoms with Crippen molar-refractivity contribution in [3.63, 3.8) is 0 Å². The van der Waals surface area contributed by atoms with Crippen molar-refractivity contribution in [2.45, 2.75) is 50.4 Å². The number of anilines is 2. The SMILES string of the molecule is [B]c1cc2ccc(C[C@@H]3CC[C@@]4(O)[C@@H]3C[C@@H](n3cc(C)c5c(N)ncnc53)[C@@H]4O)cc2nc1N. The van der Waals surface area contributed by atoms with Gasteiger partial charge in [-0.15, -0.1) is 0 Å². The summed E-state index contributed by atoms with van der Waals surface area (Å²) in [6.07, 6.45) is 5.44. The molecule has 0 unspecified atom stereocenters. The van der Waals surface area contributed by atoms with Crippen LogP contribution in [-0.2, 0) is 6.42 Å². The van der Waals surface area contributed by atoms with E-state index in [4.69, 9.17) is 19.3 Å². The van der Waals surface area contributed by atoms with Crippen LogP contribution in [0.25, 0.3) is 21.9 Å². The average Bonchev–Trinajstić information content (AvgIpc) is 3.39. The lowest BCUT2D eigenvalue weighted by Crippen LogP contribution is -2.42. The molecule has 172 valence electrons. The summed E-state index contributed by atoms with van der Waals surface area (Å²) in [5.41, 5.74) is 15.0. The summed E-state index contributed by atoms with van der Waals surface area (Å²) < 4.78 is 1.98. The lowest BCUT2D eigenvalue weighted by Gasteiger charge is -2.29. The second-order valence-electron chi connectivity index (χ2n) is 10.0. The predicted molar refractivity (Wildman–Crippen MR) is 133 cm³/mol. The first kappa shape index (κ1) is 21.4. The van der Waals surface area contributed by atoms with Crippen molar-refractivity contribution < 1.29 is 10.2 Å². The Bertz CT molecular complexity index is 1440. The number of hydrogen-bond donors (Lipinski definition) is 4. The van der Waals surface area contributed by atoms with E-state index in [1.807, 2.05) is 35.9 Å². The highest BCUT2D eigenvalue weighted by molar-refractivity contribution is 6.36. The van der Waals surface area contributed by atoms with Crippen molar-refractivity contribution in [1.82, 2.24) is 19.5 Å². The fraction of sp³-hybridized carbons (Fsp3) is 0.400. The van der Waals surface area contributed by atoms with E-state index in [0.717, 1.165) is 40.3 Å². The molecule has 2 saturated carbocycles. The van der Waals surface area contributed by atoms with Gasteiger partial charge in [-0.05, 0) is 67.0 Å². The van der Waals surface area contributed by atoms with Crippen molar-refractivity contribution in [1.29, 1.82) is 0 Å². The molecule has 0 bridgehead atoms. The minimum Gasteiger partial charge on any atom is -0.388 e. The van der Waals surface area contributed by atoms with Crippen molar-refractivity contribution in [3.05, 3.63) is 47.9 Å². The van der Waals surface area contributed by atoms with E-state index in [1.165, 1.54) is 6.33 Å². The zero-order valence-corrected chi connectivity index (χ0v) is 19.0. The van der Waals surface area contributed by atoms with Crippen LogP contribution < -0.4 is 16.9 Å². The van der Waals surface area contributed by atoms with Gasteiger partial charge in [0.05, 0.1) is 22.5 Å². The second kappa shape index (κ2) is 7.42. The Balaban J connectivity index is 1.31. The van der Waals surface area contributed by atoms with Gasteiger partial charge in [0.1, 0.15) is 37.6 Å². The summed E-state index contributed by atoms with van der Waals surface area (Å²) in [5.74, 6) is 0.985. The van der Waals surface area contributed by atoms with Crippen LogP contribution in [0.2, 0.25) is 0 Å². The van der Waals surface area contributed by atoms with Gasteiger partial charge >= 0.3 is 0 Å². The Morgan fingerprint density at radius 1 is 1.21 bits per heavy atom. The lowest BCUT2D eigenvalue weighted by atomic mass is 9.84. The van der Waals surface area contributed by atoms with Gasteiger partial charge in [0, 0.05) is 6.20 Å². The average molecular weight is 454 g/mol. The molecule has 4 aromatic rings. The largest absolute Gasteiger partial charge is 0.388 e. The van der Waals surface area contributed by atoms with Gasteiger partial charge in [0.15, 0.2) is 0 Å². The van der Waals surface area contributed by atoms with Crippen LogP contribution in [0, 0.1) is 18.8 Å². The number of nitrogens with two attached hydrogens (primary N) is 2. The molecule has 9 heteroatoms. The number of aromatic nitrogens is 4. The normalized spacial score (nSPS) is 28.7. The van der Waals surface area contributed by atoms with E-state index in [0.29, 0.717) is 35.6 Å². The summed E-state index contributed by atoms with van der Waals surface area (Å²) >= 11 is 0. The Labute approximate surface area is 198 Å². The first-order valence-electron chi connectivity index (χ1n) is 11.7. The number of pyridine rings is 1. The molecule has 0 amide bonds. The molecule has 0 saturated heterocycles. The Kier molecular flexibility index (Phi) is 4.66. The number of aliphatic hydroxyl groups excluding tert-OH is 1. The minimum atomic E-state index is -1.12. The molecular formula is C25H27BN6O2. The molecule has 3 aromatic heterocycles. The topological polar surface area (TPSA) is 136 Å². The molecule has 1 aromatic carbocycles. The molecule has 2 fully saturated rings. The number of benzene rings is 1. The number of aryl methyl sites for hydroxylation is 1. The molecule has 2 aliphatic carbocycles. The molecule has 6 N–H and O–H groups in total. The Hall–Kier alpha value is -3.17. The quantitative estimate of drug-likeness (QED) is 0.345. The Morgan fingerprint density at radius 3 is 2.85 bits per heavy atom. The fourth-order valence-corrected chi connectivity index (χ4v) is 6.43. The van der Waals surface area contributed by atoms with Crippen molar-refractivity contribution >= 4 is 46.9 Å². The minimum absolute atomic E-state index is 0.0235. The van der Waals surface area contributed by atoms with Crippen LogP contribution in [0.15, 0.2) is 36.8 Å². The van der Waals surface area contributed by atoms with Crippen LogP contribution in [-0.4, -0.2) is 49.3 Å². The zero-order valence-electron chi connectivity index (χ0n) is 19.0. The molecular weight excluding hydrogens is 427 g/mol. The molecule has 0 aliphatic heterocycles. The Morgan fingerprint density at radius 2 is 2.03 bits per heavy atom. The third kappa shape index (κ3) is 3.03. The van der Waals surface area contributed by atoms with Gasteiger partial charge in [-0.2, -0.15) is 0 Å². The molecule has 34 heavy (non-hydrogen) atoms. The number of aliphatic hydroxyl groups is 2. The molecule has 6 rings (SSSR count). The van der Waals surface area contributed by atoms with Gasteiger partial charge in [-0.3, -0.25) is 0 Å². The molecule has 2 radical (unpaired) electrons. The predicted octanol–water partition coefficient (Wildman–Crippen LogP) is 1.55. The van der Waals surface area contributed by atoms with Crippen LogP contribution in [0.1, 0.15) is 36.4 Å². The van der Waals surface area contributed by atoms with Gasteiger partial charge < -0.3 is 26.2 Å². The van der Waals surface area contributed by atoms with Crippen LogP contribution in [0.4, 0.5) is 11.6 Å². The maximum atomic E-state index is 11.6. The summed E-state index contributed by atoms with van der Waals surface area (Å²) in [4.78, 5) is 13.0. The van der Waals surface area contributed by atoms with Gasteiger partial charge in [0.2, 0.25) is 0 Å².